The number of carbonyl (C=O) groups excluding carboxylic acids is 2. The highest BCUT2D eigenvalue weighted by molar-refractivity contribution is 6.32. The van der Waals surface area contributed by atoms with E-state index in [1.165, 1.54) is 17.8 Å². The van der Waals surface area contributed by atoms with Crippen LogP contribution in [-0.4, -0.2) is 21.7 Å². The molecule has 0 fully saturated rings. The lowest BCUT2D eigenvalue weighted by Crippen LogP contribution is -2.39. The Kier molecular flexibility index (Phi) is 3.15. The second-order valence-electron chi connectivity index (χ2n) is 2.87. The number of aromatic nitrogens is 2. The van der Waals surface area contributed by atoms with Gasteiger partial charge in [0, 0.05) is 6.20 Å². The number of amides is 3. The van der Waals surface area contributed by atoms with Crippen molar-refractivity contribution in [3.63, 3.8) is 0 Å². The summed E-state index contributed by atoms with van der Waals surface area (Å²) in [5, 5.41) is 5.96. The summed E-state index contributed by atoms with van der Waals surface area (Å²) in [7, 11) is 0. The van der Waals surface area contributed by atoms with E-state index in [0.717, 1.165) is 0 Å². The van der Waals surface area contributed by atoms with Gasteiger partial charge in [-0.25, -0.2) is 4.79 Å². The average Bonchev–Trinajstić information content (AvgIpc) is 2.44. The van der Waals surface area contributed by atoms with Crippen molar-refractivity contribution in [1.82, 2.24) is 15.1 Å². The first-order valence-electron chi connectivity index (χ1n) is 4.02. The predicted molar refractivity (Wildman–Crippen MR) is 54.1 cm³/mol. The van der Waals surface area contributed by atoms with E-state index >= 15 is 0 Å². The van der Waals surface area contributed by atoms with Crippen molar-refractivity contribution < 1.29 is 9.59 Å². The average molecular weight is 232 g/mol. The lowest BCUT2D eigenvalue weighted by atomic mass is 10.3. The zero-order valence-corrected chi connectivity index (χ0v) is 8.65. The fourth-order valence-electron chi connectivity index (χ4n) is 0.928. The molecule has 3 amide bonds. The molecule has 8 heteroatoms. The number of primary amides is 1. The van der Waals surface area contributed by atoms with Crippen LogP contribution >= 0.6 is 11.6 Å². The molecule has 0 saturated heterocycles. The molecule has 0 aliphatic rings. The number of hydrogen-bond donors (Lipinski definition) is 3. The molecule has 1 unspecified atom stereocenters. The largest absolute Gasteiger partial charge is 0.381 e. The molecule has 0 saturated carbocycles. The van der Waals surface area contributed by atoms with Gasteiger partial charge in [0.2, 0.25) is 0 Å². The molecule has 1 atom stereocenters. The van der Waals surface area contributed by atoms with Crippen molar-refractivity contribution in [2.24, 2.45) is 5.73 Å². The van der Waals surface area contributed by atoms with E-state index in [9.17, 15) is 9.59 Å². The standard InChI is InChI=1S/C7H10ClN5O2/c1-3(6(14)11-7(10)15)13-2-4(8)5(9)12-13/h2-3H,1H3,(H2,9,12)(H3,10,11,14,15). The van der Waals surface area contributed by atoms with Gasteiger partial charge in [-0.2, -0.15) is 5.10 Å². The molecule has 7 nitrogen and oxygen atoms in total. The summed E-state index contributed by atoms with van der Waals surface area (Å²) < 4.78 is 1.25. The van der Waals surface area contributed by atoms with E-state index in [1.54, 1.807) is 0 Å². The van der Waals surface area contributed by atoms with Crippen LogP contribution in [0.4, 0.5) is 10.6 Å². The molecular formula is C7H10ClN5O2. The summed E-state index contributed by atoms with van der Waals surface area (Å²) in [5.41, 5.74) is 10.2. The zero-order chi connectivity index (χ0) is 11.6. The molecule has 1 rings (SSSR count). The first-order chi connectivity index (χ1) is 6.91. The Morgan fingerprint density at radius 3 is 2.67 bits per heavy atom. The Morgan fingerprint density at radius 1 is 1.67 bits per heavy atom. The maximum atomic E-state index is 11.3. The Bertz CT molecular complexity index is 383. The van der Waals surface area contributed by atoms with Gasteiger partial charge in [-0.1, -0.05) is 11.6 Å². The monoisotopic (exact) mass is 231 g/mol. The lowest BCUT2D eigenvalue weighted by molar-refractivity contribution is -0.122. The highest BCUT2D eigenvalue weighted by Gasteiger charge is 2.18. The quantitative estimate of drug-likeness (QED) is 0.658. The van der Waals surface area contributed by atoms with Gasteiger partial charge in [-0.15, -0.1) is 0 Å². The molecule has 0 radical (unpaired) electrons. The molecule has 0 aliphatic carbocycles. The third kappa shape index (κ3) is 2.59. The Hall–Kier alpha value is -1.76. The van der Waals surface area contributed by atoms with Crippen molar-refractivity contribution in [3.8, 4) is 0 Å². The van der Waals surface area contributed by atoms with Crippen LogP contribution < -0.4 is 16.8 Å². The number of carbonyl (C=O) groups is 2. The van der Waals surface area contributed by atoms with Crippen molar-refractivity contribution in [3.05, 3.63) is 11.2 Å². The Balaban J connectivity index is 2.80. The number of nitrogens with one attached hydrogen (secondary N) is 1. The molecule has 1 aromatic rings. The van der Waals surface area contributed by atoms with Crippen LogP contribution in [0.5, 0.6) is 0 Å². The van der Waals surface area contributed by atoms with Crippen molar-refractivity contribution in [1.29, 1.82) is 0 Å². The second kappa shape index (κ2) is 4.18. The van der Waals surface area contributed by atoms with E-state index < -0.39 is 18.0 Å². The molecule has 1 heterocycles. The summed E-state index contributed by atoms with van der Waals surface area (Å²) >= 11 is 5.65. The van der Waals surface area contributed by atoms with Crippen LogP contribution in [0.1, 0.15) is 13.0 Å². The minimum Gasteiger partial charge on any atom is -0.381 e. The molecule has 0 aliphatic heterocycles. The summed E-state index contributed by atoms with van der Waals surface area (Å²) in [6, 6.07) is -1.63. The van der Waals surface area contributed by atoms with Crippen LogP contribution in [0.25, 0.3) is 0 Å². The minimum atomic E-state index is -0.918. The van der Waals surface area contributed by atoms with Gasteiger partial charge in [0.15, 0.2) is 5.82 Å². The molecular weight excluding hydrogens is 222 g/mol. The zero-order valence-electron chi connectivity index (χ0n) is 7.90. The number of imide groups is 1. The number of urea groups is 1. The van der Waals surface area contributed by atoms with Gasteiger partial charge in [-0.05, 0) is 6.92 Å². The summed E-state index contributed by atoms with van der Waals surface area (Å²) in [5.74, 6) is -0.461. The van der Waals surface area contributed by atoms with Crippen molar-refractivity contribution in [2.75, 3.05) is 5.73 Å². The van der Waals surface area contributed by atoms with E-state index in [2.05, 4.69) is 5.10 Å². The van der Waals surface area contributed by atoms with Gasteiger partial charge >= 0.3 is 6.03 Å². The molecule has 15 heavy (non-hydrogen) atoms. The van der Waals surface area contributed by atoms with Crippen LogP contribution in [0.3, 0.4) is 0 Å². The lowest BCUT2D eigenvalue weighted by Gasteiger charge is -2.09. The fraction of sp³-hybridized carbons (Fsp3) is 0.286. The smallest absolute Gasteiger partial charge is 0.318 e. The number of halogens is 1. The van der Waals surface area contributed by atoms with E-state index in [0.29, 0.717) is 0 Å². The Labute approximate surface area is 90.4 Å². The highest BCUT2D eigenvalue weighted by atomic mass is 35.5. The predicted octanol–water partition coefficient (Wildman–Crippen LogP) is -0.125. The fourth-order valence-corrected chi connectivity index (χ4v) is 1.07. The maximum absolute atomic E-state index is 11.3. The third-order valence-corrected chi connectivity index (χ3v) is 2.03. The van der Waals surface area contributed by atoms with Gasteiger partial charge in [-0.3, -0.25) is 14.8 Å². The van der Waals surface area contributed by atoms with Crippen molar-refractivity contribution >= 4 is 29.4 Å². The highest BCUT2D eigenvalue weighted by Crippen LogP contribution is 2.18. The van der Waals surface area contributed by atoms with Gasteiger partial charge < -0.3 is 11.5 Å². The van der Waals surface area contributed by atoms with Crippen LogP contribution in [0.15, 0.2) is 6.20 Å². The van der Waals surface area contributed by atoms with Gasteiger partial charge in [0.1, 0.15) is 11.1 Å². The van der Waals surface area contributed by atoms with Crippen LogP contribution in [0.2, 0.25) is 5.02 Å². The first kappa shape index (κ1) is 11.3. The molecule has 5 N–H and O–H groups in total. The summed E-state index contributed by atoms with van der Waals surface area (Å²) in [6.45, 7) is 1.53. The molecule has 0 aromatic carbocycles. The van der Waals surface area contributed by atoms with Crippen molar-refractivity contribution in [2.45, 2.75) is 13.0 Å². The van der Waals surface area contributed by atoms with Gasteiger partial charge in [0.05, 0.1) is 0 Å². The number of anilines is 1. The first-order valence-corrected chi connectivity index (χ1v) is 4.40. The molecule has 1 aromatic heterocycles. The summed E-state index contributed by atoms with van der Waals surface area (Å²) in [6.07, 6.45) is 1.39. The topological polar surface area (TPSA) is 116 Å². The Morgan fingerprint density at radius 2 is 2.27 bits per heavy atom. The molecule has 0 bridgehead atoms. The molecule has 82 valence electrons. The number of rotatable bonds is 2. The number of nitrogens with two attached hydrogens (primary N) is 2. The SMILES string of the molecule is CC(C(=O)NC(N)=O)n1cc(Cl)c(N)n1. The van der Waals surface area contributed by atoms with Crippen LogP contribution in [-0.2, 0) is 4.79 Å². The van der Waals surface area contributed by atoms with E-state index in [-0.39, 0.29) is 10.8 Å². The normalized spacial score (nSPS) is 12.1. The summed E-state index contributed by atoms with van der Waals surface area (Å²) in [4.78, 5) is 21.7. The number of hydrogen-bond acceptors (Lipinski definition) is 4. The molecule has 0 spiro atoms. The number of nitrogen functional groups attached to an aromatic ring is 1. The third-order valence-electron chi connectivity index (χ3n) is 1.74. The second-order valence-corrected chi connectivity index (χ2v) is 3.28. The minimum absolute atomic E-state index is 0.121. The van der Waals surface area contributed by atoms with Gasteiger partial charge in [0.25, 0.3) is 5.91 Å². The van der Waals surface area contributed by atoms with E-state index in [4.69, 9.17) is 23.1 Å². The van der Waals surface area contributed by atoms with Crippen LogP contribution in [0, 0.1) is 0 Å². The number of nitrogens with zero attached hydrogens (tertiary/aromatic N) is 2. The maximum Gasteiger partial charge on any atom is 0.318 e. The van der Waals surface area contributed by atoms with E-state index in [1.807, 2.05) is 5.32 Å².